The van der Waals surface area contributed by atoms with E-state index in [0.29, 0.717) is 33.4 Å². The van der Waals surface area contributed by atoms with Crippen molar-refractivity contribution in [1.82, 2.24) is 24.7 Å². The van der Waals surface area contributed by atoms with Gasteiger partial charge in [0.05, 0.1) is 38.2 Å². The molecule has 0 radical (unpaired) electrons. The molecular formula is C42H41ClN6O5. The fourth-order valence-corrected chi connectivity index (χ4v) is 10.6. The quantitative estimate of drug-likeness (QED) is 0.273. The van der Waals surface area contributed by atoms with Gasteiger partial charge in [0, 0.05) is 37.7 Å². The highest BCUT2D eigenvalue weighted by Crippen LogP contribution is 2.52. The predicted octanol–water partition coefficient (Wildman–Crippen LogP) is 5.32. The van der Waals surface area contributed by atoms with Gasteiger partial charge >= 0.3 is 0 Å². The normalized spacial score (nSPS) is 22.8. The minimum atomic E-state index is -0.964. The summed E-state index contributed by atoms with van der Waals surface area (Å²) in [7, 11) is 0. The van der Waals surface area contributed by atoms with Crippen LogP contribution < -0.4 is 15.8 Å². The molecule has 3 aromatic carbocycles. The van der Waals surface area contributed by atoms with Gasteiger partial charge in [-0.3, -0.25) is 38.8 Å². The molecule has 1 unspecified atom stereocenters. The van der Waals surface area contributed by atoms with Gasteiger partial charge in [0.1, 0.15) is 11.9 Å². The SMILES string of the molecule is O=C1CCC(N2C(=O)c3ccc(N4CC(CN5CCC(c6ccc7c(c6)-n6c(nc(=O)c8c(Cl)cccc86)C76CCCCC6)CC5)C4)cc3C2=O)C(=O)N1. The molecule has 5 aliphatic heterocycles. The Kier molecular flexibility index (Phi) is 7.86. The Balaban J connectivity index is 0.804. The smallest absolute Gasteiger partial charge is 0.282 e. The summed E-state index contributed by atoms with van der Waals surface area (Å²) in [5.74, 6) is -0.106. The maximum absolute atomic E-state index is 13.4. The van der Waals surface area contributed by atoms with E-state index in [-0.39, 0.29) is 29.7 Å². The number of nitrogens with one attached hydrogen (secondary N) is 1. The molecule has 1 aliphatic carbocycles. The van der Waals surface area contributed by atoms with Crippen LogP contribution in [0, 0.1) is 5.92 Å². The second-order valence-corrected chi connectivity index (χ2v) is 16.6. The van der Waals surface area contributed by atoms with Crippen LogP contribution in [0.4, 0.5) is 5.69 Å². The van der Waals surface area contributed by atoms with Crippen molar-refractivity contribution in [1.29, 1.82) is 0 Å². The number of carbonyl (C=O) groups excluding carboxylic acids is 4. The number of anilines is 1. The molecule has 1 spiro atoms. The molecule has 10 rings (SSSR count). The summed E-state index contributed by atoms with van der Waals surface area (Å²) < 4.78 is 2.24. The first-order valence-electron chi connectivity index (χ1n) is 19.4. The fourth-order valence-electron chi connectivity index (χ4n) is 10.3. The molecule has 6 heterocycles. The van der Waals surface area contributed by atoms with Crippen molar-refractivity contribution in [2.24, 2.45) is 5.92 Å². The minimum Gasteiger partial charge on any atom is -0.371 e. The molecule has 12 heteroatoms. The number of hydrogen-bond acceptors (Lipinski definition) is 8. The lowest BCUT2D eigenvalue weighted by Crippen LogP contribution is -2.54. The average Bonchev–Trinajstić information content (AvgIpc) is 3.56. The van der Waals surface area contributed by atoms with Crippen LogP contribution in [0.5, 0.6) is 0 Å². The molecule has 0 bridgehead atoms. The number of benzene rings is 3. The van der Waals surface area contributed by atoms with Gasteiger partial charge < -0.3 is 9.80 Å². The summed E-state index contributed by atoms with van der Waals surface area (Å²) in [4.78, 5) is 74.5. The van der Waals surface area contributed by atoms with E-state index in [4.69, 9.17) is 16.6 Å². The molecule has 4 fully saturated rings. The van der Waals surface area contributed by atoms with Gasteiger partial charge in [-0.1, -0.05) is 49.1 Å². The highest BCUT2D eigenvalue weighted by atomic mass is 35.5. The lowest BCUT2D eigenvalue weighted by atomic mass is 9.69. The molecule has 54 heavy (non-hydrogen) atoms. The molecule has 6 aliphatic rings. The zero-order valence-corrected chi connectivity index (χ0v) is 30.7. The summed E-state index contributed by atoms with van der Waals surface area (Å²) in [6.07, 6.45) is 7.86. The van der Waals surface area contributed by atoms with Crippen molar-refractivity contribution in [2.45, 2.75) is 75.2 Å². The predicted molar refractivity (Wildman–Crippen MR) is 203 cm³/mol. The number of halogens is 1. The van der Waals surface area contributed by atoms with Crippen LogP contribution in [-0.4, -0.2) is 81.7 Å². The maximum Gasteiger partial charge on any atom is 0.282 e. The van der Waals surface area contributed by atoms with Crippen LogP contribution in [-0.2, 0) is 15.0 Å². The van der Waals surface area contributed by atoms with Crippen molar-refractivity contribution in [3.63, 3.8) is 0 Å². The van der Waals surface area contributed by atoms with Crippen molar-refractivity contribution >= 4 is 51.8 Å². The number of amides is 4. The Hall–Kier alpha value is -4.87. The van der Waals surface area contributed by atoms with Crippen LogP contribution in [0.3, 0.4) is 0 Å². The Bertz CT molecular complexity index is 2350. The number of aromatic nitrogens is 2. The van der Waals surface area contributed by atoms with Crippen molar-refractivity contribution in [3.8, 4) is 5.69 Å². The van der Waals surface area contributed by atoms with E-state index >= 15 is 0 Å². The van der Waals surface area contributed by atoms with Crippen molar-refractivity contribution in [3.05, 3.63) is 98.1 Å². The van der Waals surface area contributed by atoms with Gasteiger partial charge in [-0.05, 0) is 98.6 Å². The number of likely N-dealkylation sites (tertiary alicyclic amines) is 1. The highest BCUT2D eigenvalue weighted by molar-refractivity contribution is 6.35. The molecule has 1 saturated carbocycles. The number of piperidine rings is 2. The van der Waals surface area contributed by atoms with E-state index in [0.717, 1.165) is 98.9 Å². The van der Waals surface area contributed by atoms with E-state index in [1.54, 1.807) is 18.2 Å². The Labute approximate surface area is 317 Å². The number of hydrogen-bond donors (Lipinski definition) is 1. The summed E-state index contributed by atoms with van der Waals surface area (Å²) >= 11 is 6.59. The van der Waals surface area contributed by atoms with Crippen molar-refractivity contribution in [2.75, 3.05) is 37.6 Å². The third-order valence-electron chi connectivity index (χ3n) is 13.1. The van der Waals surface area contributed by atoms with Crippen molar-refractivity contribution < 1.29 is 19.2 Å². The molecule has 4 amide bonds. The lowest BCUT2D eigenvalue weighted by Gasteiger charge is -2.44. The topological polar surface area (TPSA) is 125 Å². The molecule has 1 atom stereocenters. The standard InChI is InChI=1S/C42H41ClN6O5/c43-31-5-4-6-32-36(31)38(52)45-41-42(15-2-1-3-16-42)30-10-7-26(19-34(30)48(32)41)25-13-17-46(18-14-25)21-24-22-47(23-24)27-8-9-28-29(20-27)40(54)49(39(28)53)33-11-12-35(50)44-37(33)51/h4-10,19-20,24-25,33H,1-3,11-18,21-23H2,(H,44,50,51). The van der Waals surface area contributed by atoms with E-state index in [9.17, 15) is 24.0 Å². The zero-order chi connectivity index (χ0) is 36.9. The van der Waals surface area contributed by atoms with E-state index in [1.165, 1.54) is 17.5 Å². The Morgan fingerprint density at radius 1 is 0.852 bits per heavy atom. The minimum absolute atomic E-state index is 0.0985. The number of rotatable bonds is 5. The van der Waals surface area contributed by atoms with Crippen LogP contribution in [0.1, 0.15) is 101 Å². The van der Waals surface area contributed by atoms with Gasteiger partial charge in [-0.15, -0.1) is 0 Å². The van der Waals surface area contributed by atoms with E-state index < -0.39 is 23.8 Å². The third-order valence-corrected chi connectivity index (χ3v) is 13.4. The number of imide groups is 2. The summed E-state index contributed by atoms with van der Waals surface area (Å²) in [5, 5.41) is 3.19. The second-order valence-electron chi connectivity index (χ2n) is 16.2. The molecular weight excluding hydrogens is 704 g/mol. The van der Waals surface area contributed by atoms with Gasteiger partial charge in [-0.25, -0.2) is 0 Å². The van der Waals surface area contributed by atoms with Crippen LogP contribution in [0.25, 0.3) is 16.6 Å². The molecule has 3 saturated heterocycles. The zero-order valence-electron chi connectivity index (χ0n) is 30.0. The summed E-state index contributed by atoms with van der Waals surface area (Å²) in [6, 6.07) is 17.1. The van der Waals surface area contributed by atoms with Gasteiger partial charge in [-0.2, -0.15) is 4.98 Å². The Morgan fingerprint density at radius 3 is 2.41 bits per heavy atom. The molecule has 4 aromatic rings. The summed E-state index contributed by atoms with van der Waals surface area (Å²) in [6.45, 7) is 4.81. The van der Waals surface area contributed by atoms with Crippen LogP contribution in [0.15, 0.2) is 59.4 Å². The van der Waals surface area contributed by atoms with E-state index in [1.807, 2.05) is 18.2 Å². The molecule has 11 nitrogen and oxygen atoms in total. The monoisotopic (exact) mass is 744 g/mol. The Morgan fingerprint density at radius 2 is 1.63 bits per heavy atom. The largest absolute Gasteiger partial charge is 0.371 e. The first-order valence-corrected chi connectivity index (χ1v) is 19.8. The third kappa shape index (κ3) is 5.11. The van der Waals surface area contributed by atoms with Gasteiger partial charge in [0.15, 0.2) is 0 Å². The molecule has 1 aromatic heterocycles. The second kappa shape index (κ2) is 12.6. The molecule has 276 valence electrons. The van der Waals surface area contributed by atoms with Gasteiger partial charge in [0.2, 0.25) is 11.8 Å². The number of nitrogens with zero attached hydrogens (tertiary/aromatic N) is 5. The lowest BCUT2D eigenvalue weighted by molar-refractivity contribution is -0.136. The van der Waals surface area contributed by atoms with Crippen LogP contribution >= 0.6 is 11.6 Å². The molecule has 1 N–H and O–H groups in total. The fraction of sp³-hybridized carbons (Fsp3) is 0.429. The first-order chi connectivity index (χ1) is 26.2. The van der Waals surface area contributed by atoms with E-state index in [2.05, 4.69) is 37.9 Å². The highest BCUT2D eigenvalue weighted by Gasteiger charge is 2.47. The maximum atomic E-state index is 13.4. The summed E-state index contributed by atoms with van der Waals surface area (Å²) in [5.41, 5.74) is 5.69. The number of carbonyl (C=O) groups is 4. The van der Waals surface area contributed by atoms with Crippen LogP contribution in [0.2, 0.25) is 5.02 Å². The number of fused-ring (bicyclic) bond motifs is 8. The first kappa shape index (κ1) is 33.7. The van der Waals surface area contributed by atoms with Gasteiger partial charge in [0.25, 0.3) is 17.4 Å². The average molecular weight is 745 g/mol.